The molecule has 134 valence electrons. The van der Waals surface area contributed by atoms with Crippen LogP contribution in [-0.4, -0.2) is 59.4 Å². The molecule has 1 aliphatic heterocycles. The van der Waals surface area contributed by atoms with Crippen LogP contribution < -0.4 is 9.62 Å². The molecule has 1 aromatic carbocycles. The molecular formula is C14H21N3O6S. The van der Waals surface area contributed by atoms with E-state index < -0.39 is 21.0 Å². The third-order valence-corrected chi connectivity index (χ3v) is 5.17. The van der Waals surface area contributed by atoms with Crippen molar-refractivity contribution in [1.29, 1.82) is 0 Å². The molecule has 1 fully saturated rings. The standard InChI is InChI=1S/C14H21N3O6S/c1-11(10-22-2)15-24(20,21)12-3-4-13(14(9-12)17(18)19)16-5-7-23-8-6-16/h3-4,9,11,15H,5-8,10H2,1-2H3/t11-/m0/s1. The highest BCUT2D eigenvalue weighted by Crippen LogP contribution is 2.31. The predicted molar refractivity (Wildman–Crippen MR) is 87.8 cm³/mol. The Labute approximate surface area is 140 Å². The number of hydrogen-bond acceptors (Lipinski definition) is 7. The molecule has 9 nitrogen and oxygen atoms in total. The van der Waals surface area contributed by atoms with Gasteiger partial charge in [0.25, 0.3) is 5.69 Å². The Morgan fingerprint density at radius 3 is 2.67 bits per heavy atom. The zero-order valence-electron chi connectivity index (χ0n) is 13.6. The van der Waals surface area contributed by atoms with E-state index >= 15 is 0 Å². The summed E-state index contributed by atoms with van der Waals surface area (Å²) in [6, 6.07) is 3.49. The topological polar surface area (TPSA) is 111 Å². The summed E-state index contributed by atoms with van der Waals surface area (Å²) in [6.45, 7) is 3.86. The Balaban J connectivity index is 2.32. The Kier molecular flexibility index (Phi) is 6.10. The van der Waals surface area contributed by atoms with Crippen molar-refractivity contribution < 1.29 is 22.8 Å². The van der Waals surface area contributed by atoms with Gasteiger partial charge in [0.15, 0.2) is 0 Å². The van der Waals surface area contributed by atoms with Gasteiger partial charge in [0, 0.05) is 32.3 Å². The monoisotopic (exact) mass is 359 g/mol. The van der Waals surface area contributed by atoms with Gasteiger partial charge < -0.3 is 14.4 Å². The van der Waals surface area contributed by atoms with E-state index in [1.54, 1.807) is 6.92 Å². The van der Waals surface area contributed by atoms with Crippen LogP contribution in [0, 0.1) is 10.1 Å². The summed E-state index contributed by atoms with van der Waals surface area (Å²) in [5.74, 6) is 0. The average molecular weight is 359 g/mol. The van der Waals surface area contributed by atoms with E-state index in [-0.39, 0.29) is 17.2 Å². The molecule has 0 aliphatic carbocycles. The largest absolute Gasteiger partial charge is 0.383 e. The number of nitro benzene ring substituents is 1. The van der Waals surface area contributed by atoms with Gasteiger partial charge in [-0.2, -0.15) is 0 Å². The molecule has 1 N–H and O–H groups in total. The van der Waals surface area contributed by atoms with E-state index in [9.17, 15) is 18.5 Å². The normalized spacial score (nSPS) is 16.8. The fraction of sp³-hybridized carbons (Fsp3) is 0.571. The van der Waals surface area contributed by atoms with Gasteiger partial charge in [0.1, 0.15) is 5.69 Å². The van der Waals surface area contributed by atoms with Crippen molar-refractivity contribution in [3.05, 3.63) is 28.3 Å². The first kappa shape index (κ1) is 18.6. The molecule has 2 rings (SSSR count). The maximum atomic E-state index is 12.4. The van der Waals surface area contributed by atoms with Crippen LogP contribution >= 0.6 is 0 Å². The van der Waals surface area contributed by atoms with Crippen molar-refractivity contribution in [2.75, 3.05) is 44.9 Å². The Morgan fingerprint density at radius 1 is 1.42 bits per heavy atom. The Morgan fingerprint density at radius 2 is 2.08 bits per heavy atom. The number of ether oxygens (including phenoxy) is 2. The van der Waals surface area contributed by atoms with Gasteiger partial charge in [-0.05, 0) is 19.1 Å². The van der Waals surface area contributed by atoms with Gasteiger partial charge in [-0.1, -0.05) is 0 Å². The number of anilines is 1. The molecular weight excluding hydrogens is 338 g/mol. The smallest absolute Gasteiger partial charge is 0.293 e. The molecule has 0 saturated carbocycles. The number of nitrogens with zero attached hydrogens (tertiary/aromatic N) is 2. The van der Waals surface area contributed by atoms with Gasteiger partial charge >= 0.3 is 0 Å². The van der Waals surface area contributed by atoms with E-state index in [1.165, 1.54) is 19.2 Å². The first-order valence-corrected chi connectivity index (χ1v) is 8.96. The summed E-state index contributed by atoms with van der Waals surface area (Å²) in [6.07, 6.45) is 0. The van der Waals surface area contributed by atoms with Crippen LogP contribution in [0.3, 0.4) is 0 Å². The van der Waals surface area contributed by atoms with Crippen LogP contribution in [0.15, 0.2) is 23.1 Å². The third kappa shape index (κ3) is 4.41. The molecule has 24 heavy (non-hydrogen) atoms. The van der Waals surface area contributed by atoms with Crippen LogP contribution in [0.4, 0.5) is 11.4 Å². The van der Waals surface area contributed by atoms with Gasteiger partial charge in [0.2, 0.25) is 10.0 Å². The number of benzene rings is 1. The van der Waals surface area contributed by atoms with Crippen LogP contribution in [-0.2, 0) is 19.5 Å². The SMILES string of the molecule is COC[C@H](C)NS(=O)(=O)c1ccc(N2CCOCC2)c([N+](=O)[O-])c1. The third-order valence-electron chi connectivity index (χ3n) is 3.58. The lowest BCUT2D eigenvalue weighted by Crippen LogP contribution is -2.37. The lowest BCUT2D eigenvalue weighted by molar-refractivity contribution is -0.384. The van der Waals surface area contributed by atoms with E-state index in [1.807, 2.05) is 4.90 Å². The lowest BCUT2D eigenvalue weighted by atomic mass is 10.2. The maximum absolute atomic E-state index is 12.4. The highest BCUT2D eigenvalue weighted by Gasteiger charge is 2.26. The molecule has 10 heteroatoms. The Hall–Kier alpha value is -1.75. The molecule has 0 amide bonds. The highest BCUT2D eigenvalue weighted by molar-refractivity contribution is 7.89. The first-order chi connectivity index (χ1) is 11.3. The molecule has 0 bridgehead atoms. The summed E-state index contributed by atoms with van der Waals surface area (Å²) in [5, 5.41) is 11.4. The van der Waals surface area contributed by atoms with Crippen molar-refractivity contribution in [1.82, 2.24) is 4.72 Å². The van der Waals surface area contributed by atoms with Gasteiger partial charge in [-0.3, -0.25) is 10.1 Å². The minimum Gasteiger partial charge on any atom is -0.383 e. The number of hydrogen-bond donors (Lipinski definition) is 1. The average Bonchev–Trinajstić information content (AvgIpc) is 2.54. The zero-order valence-corrected chi connectivity index (χ0v) is 14.4. The van der Waals surface area contributed by atoms with E-state index in [4.69, 9.17) is 9.47 Å². The number of rotatable bonds is 7. The molecule has 0 spiro atoms. The van der Waals surface area contributed by atoms with E-state index in [0.29, 0.717) is 32.0 Å². The maximum Gasteiger partial charge on any atom is 0.293 e. The fourth-order valence-corrected chi connectivity index (χ4v) is 3.75. The van der Waals surface area contributed by atoms with Gasteiger partial charge in [0.05, 0.1) is 29.6 Å². The second-order valence-corrected chi connectivity index (χ2v) is 7.20. The number of methoxy groups -OCH3 is 1. The quantitative estimate of drug-likeness (QED) is 0.565. The van der Waals surface area contributed by atoms with Crippen molar-refractivity contribution in [3.8, 4) is 0 Å². The number of sulfonamides is 1. The Bertz CT molecular complexity index is 688. The minimum atomic E-state index is -3.86. The van der Waals surface area contributed by atoms with Crippen LogP contribution in [0.25, 0.3) is 0 Å². The van der Waals surface area contributed by atoms with E-state index in [2.05, 4.69) is 4.72 Å². The van der Waals surface area contributed by atoms with Crippen molar-refractivity contribution in [2.24, 2.45) is 0 Å². The molecule has 1 aromatic rings. The molecule has 1 saturated heterocycles. The molecule has 0 aromatic heterocycles. The fourth-order valence-electron chi connectivity index (χ4n) is 2.51. The molecule has 0 unspecified atom stereocenters. The van der Waals surface area contributed by atoms with E-state index in [0.717, 1.165) is 6.07 Å². The second-order valence-electron chi connectivity index (χ2n) is 5.48. The molecule has 1 aliphatic rings. The van der Waals surface area contributed by atoms with Crippen molar-refractivity contribution >= 4 is 21.4 Å². The number of nitro groups is 1. The number of nitrogens with one attached hydrogen (secondary N) is 1. The number of morpholine rings is 1. The molecule has 0 radical (unpaired) electrons. The minimum absolute atomic E-state index is 0.144. The first-order valence-electron chi connectivity index (χ1n) is 7.47. The van der Waals surface area contributed by atoms with Crippen molar-refractivity contribution in [2.45, 2.75) is 17.9 Å². The summed E-state index contributed by atoms with van der Waals surface area (Å²) < 4.78 is 37.3. The molecule has 1 heterocycles. The summed E-state index contributed by atoms with van der Waals surface area (Å²) in [5.41, 5.74) is 0.159. The van der Waals surface area contributed by atoms with Crippen LogP contribution in [0.5, 0.6) is 0 Å². The van der Waals surface area contributed by atoms with Crippen LogP contribution in [0.2, 0.25) is 0 Å². The van der Waals surface area contributed by atoms with Gasteiger partial charge in [-0.25, -0.2) is 13.1 Å². The van der Waals surface area contributed by atoms with Crippen LogP contribution in [0.1, 0.15) is 6.92 Å². The summed E-state index contributed by atoms with van der Waals surface area (Å²) >= 11 is 0. The highest BCUT2D eigenvalue weighted by atomic mass is 32.2. The summed E-state index contributed by atoms with van der Waals surface area (Å²) in [4.78, 5) is 12.5. The predicted octanol–water partition coefficient (Wildman–Crippen LogP) is 0.745. The zero-order chi connectivity index (χ0) is 17.7. The van der Waals surface area contributed by atoms with Crippen molar-refractivity contribution in [3.63, 3.8) is 0 Å². The second kappa shape index (κ2) is 7.88. The summed E-state index contributed by atoms with van der Waals surface area (Å²) in [7, 11) is -2.40. The lowest BCUT2D eigenvalue weighted by Gasteiger charge is -2.28. The van der Waals surface area contributed by atoms with Gasteiger partial charge in [-0.15, -0.1) is 0 Å². The molecule has 1 atom stereocenters.